The van der Waals surface area contributed by atoms with E-state index in [1.165, 1.54) is 19.1 Å². The van der Waals surface area contributed by atoms with Crippen molar-refractivity contribution >= 4 is 6.03 Å². The van der Waals surface area contributed by atoms with Crippen LogP contribution in [0.2, 0.25) is 0 Å². The van der Waals surface area contributed by atoms with E-state index in [9.17, 15) is 9.90 Å². The third-order valence-electron chi connectivity index (χ3n) is 3.98. The van der Waals surface area contributed by atoms with Crippen molar-refractivity contribution in [2.45, 2.75) is 38.3 Å². The summed E-state index contributed by atoms with van der Waals surface area (Å²) >= 11 is 0. The Morgan fingerprint density at radius 1 is 1.52 bits per heavy atom. The van der Waals surface area contributed by atoms with Crippen molar-refractivity contribution in [3.8, 4) is 0 Å². The molecule has 2 rings (SSSR count). The number of piperidine rings is 1. The second kappa shape index (κ2) is 8.05. The molecule has 2 atom stereocenters. The third-order valence-corrected chi connectivity index (χ3v) is 3.98. The van der Waals surface area contributed by atoms with Gasteiger partial charge in [-0.25, -0.2) is 4.79 Å². The molecule has 6 heteroatoms. The first-order valence-corrected chi connectivity index (χ1v) is 7.68. The molecule has 21 heavy (non-hydrogen) atoms. The summed E-state index contributed by atoms with van der Waals surface area (Å²) in [5.41, 5.74) is 0. The second-order valence-electron chi connectivity index (χ2n) is 5.40. The average molecular weight is 295 g/mol. The number of aliphatic hydroxyl groups is 1. The fraction of sp³-hybridized carbons (Fsp3) is 0.667. The standard InChI is InChI=1S/C15H25N3O3/c1-2-18-8-4-3-6-12(18)10-16-15(20)17-11-13(19)14-7-5-9-21-14/h5,7,9,12-13,19H,2-4,6,8,10-11H2,1H3,(H2,16,17,20). The van der Waals surface area contributed by atoms with Gasteiger partial charge in [-0.05, 0) is 38.1 Å². The molecule has 2 heterocycles. The fourth-order valence-corrected chi connectivity index (χ4v) is 2.75. The fourth-order valence-electron chi connectivity index (χ4n) is 2.75. The lowest BCUT2D eigenvalue weighted by molar-refractivity contribution is 0.143. The molecule has 0 bridgehead atoms. The Morgan fingerprint density at radius 2 is 2.38 bits per heavy atom. The number of carbonyl (C=O) groups excluding carboxylic acids is 1. The van der Waals surface area contributed by atoms with Crippen molar-refractivity contribution < 1.29 is 14.3 Å². The summed E-state index contributed by atoms with van der Waals surface area (Å²) in [4.78, 5) is 14.2. The maximum atomic E-state index is 11.8. The highest BCUT2D eigenvalue weighted by Gasteiger charge is 2.21. The van der Waals surface area contributed by atoms with Crippen LogP contribution in [0.5, 0.6) is 0 Å². The van der Waals surface area contributed by atoms with Crippen molar-refractivity contribution in [2.24, 2.45) is 0 Å². The lowest BCUT2D eigenvalue weighted by Crippen LogP contribution is -2.48. The molecule has 1 aromatic rings. The van der Waals surface area contributed by atoms with Crippen molar-refractivity contribution in [2.75, 3.05) is 26.2 Å². The van der Waals surface area contributed by atoms with E-state index in [1.807, 2.05) is 0 Å². The van der Waals surface area contributed by atoms with Gasteiger partial charge in [0.15, 0.2) is 0 Å². The molecule has 0 aromatic carbocycles. The summed E-state index contributed by atoms with van der Waals surface area (Å²) in [5, 5.41) is 15.4. The molecule has 0 radical (unpaired) electrons. The number of amides is 2. The van der Waals surface area contributed by atoms with Gasteiger partial charge in [0.05, 0.1) is 12.8 Å². The molecule has 1 aliphatic heterocycles. The van der Waals surface area contributed by atoms with Crippen LogP contribution in [0.1, 0.15) is 38.1 Å². The molecule has 6 nitrogen and oxygen atoms in total. The first-order chi connectivity index (χ1) is 10.2. The highest BCUT2D eigenvalue weighted by molar-refractivity contribution is 5.73. The van der Waals surface area contributed by atoms with E-state index >= 15 is 0 Å². The van der Waals surface area contributed by atoms with Gasteiger partial charge in [0.25, 0.3) is 0 Å². The average Bonchev–Trinajstić information content (AvgIpc) is 3.05. The smallest absolute Gasteiger partial charge is 0.314 e. The second-order valence-corrected chi connectivity index (χ2v) is 5.40. The molecule has 1 aromatic heterocycles. The minimum Gasteiger partial charge on any atom is -0.467 e. The van der Waals surface area contributed by atoms with E-state index in [0.717, 1.165) is 19.5 Å². The molecule has 1 aliphatic rings. The molecule has 1 fully saturated rings. The van der Waals surface area contributed by atoms with Gasteiger partial charge in [-0.3, -0.25) is 4.90 Å². The zero-order valence-corrected chi connectivity index (χ0v) is 12.5. The van der Waals surface area contributed by atoms with E-state index in [1.54, 1.807) is 12.1 Å². The highest BCUT2D eigenvalue weighted by Crippen LogP contribution is 2.15. The van der Waals surface area contributed by atoms with Crippen molar-refractivity contribution in [1.29, 1.82) is 0 Å². The van der Waals surface area contributed by atoms with Gasteiger partial charge in [-0.1, -0.05) is 13.3 Å². The van der Waals surface area contributed by atoms with Gasteiger partial charge in [-0.15, -0.1) is 0 Å². The van der Waals surface area contributed by atoms with Crippen molar-refractivity contribution in [3.05, 3.63) is 24.2 Å². The number of likely N-dealkylation sites (N-methyl/N-ethyl adjacent to an activating group) is 1. The van der Waals surface area contributed by atoms with Gasteiger partial charge in [0.1, 0.15) is 11.9 Å². The summed E-state index contributed by atoms with van der Waals surface area (Å²) in [6, 6.07) is 3.57. The van der Waals surface area contributed by atoms with E-state index < -0.39 is 6.10 Å². The number of aliphatic hydroxyl groups excluding tert-OH is 1. The molecule has 1 saturated heterocycles. The van der Waals surface area contributed by atoms with Gasteiger partial charge >= 0.3 is 6.03 Å². The number of carbonyl (C=O) groups is 1. The summed E-state index contributed by atoms with van der Waals surface area (Å²) in [5.74, 6) is 0.458. The summed E-state index contributed by atoms with van der Waals surface area (Å²) in [6.45, 7) is 5.07. The van der Waals surface area contributed by atoms with Gasteiger partial charge in [-0.2, -0.15) is 0 Å². The van der Waals surface area contributed by atoms with E-state index in [2.05, 4.69) is 22.5 Å². The van der Waals surface area contributed by atoms with Crippen molar-refractivity contribution in [1.82, 2.24) is 15.5 Å². The molecule has 3 N–H and O–H groups in total. The van der Waals surface area contributed by atoms with Crippen LogP contribution in [0.3, 0.4) is 0 Å². The Balaban J connectivity index is 1.67. The Bertz CT molecular complexity index is 422. The molecule has 2 unspecified atom stereocenters. The molecular weight excluding hydrogens is 270 g/mol. The topological polar surface area (TPSA) is 77.7 Å². The van der Waals surface area contributed by atoms with Crippen LogP contribution in [0.15, 0.2) is 22.8 Å². The first-order valence-electron chi connectivity index (χ1n) is 7.68. The third kappa shape index (κ3) is 4.75. The molecule has 0 saturated carbocycles. The number of hydrogen-bond donors (Lipinski definition) is 3. The zero-order valence-electron chi connectivity index (χ0n) is 12.5. The zero-order chi connectivity index (χ0) is 15.1. The Labute approximate surface area is 125 Å². The lowest BCUT2D eigenvalue weighted by atomic mass is 10.0. The monoisotopic (exact) mass is 295 g/mol. The Morgan fingerprint density at radius 3 is 3.10 bits per heavy atom. The SMILES string of the molecule is CCN1CCCCC1CNC(=O)NCC(O)c1ccco1. The Kier molecular flexibility index (Phi) is 6.07. The number of urea groups is 1. The predicted octanol–water partition coefficient (Wildman–Crippen LogP) is 1.49. The normalized spacial score (nSPS) is 21.0. The quantitative estimate of drug-likeness (QED) is 0.743. The van der Waals surface area contributed by atoms with E-state index in [4.69, 9.17) is 4.42 Å². The number of nitrogens with one attached hydrogen (secondary N) is 2. The minimum atomic E-state index is -0.812. The van der Waals surface area contributed by atoms with Crippen LogP contribution in [0, 0.1) is 0 Å². The summed E-state index contributed by atoms with van der Waals surface area (Å²) < 4.78 is 5.08. The van der Waals surface area contributed by atoms with Crippen molar-refractivity contribution in [3.63, 3.8) is 0 Å². The number of rotatable bonds is 6. The van der Waals surface area contributed by atoms with E-state index in [-0.39, 0.29) is 12.6 Å². The van der Waals surface area contributed by atoms with Crippen LogP contribution in [0.4, 0.5) is 4.79 Å². The van der Waals surface area contributed by atoms with Crippen LogP contribution >= 0.6 is 0 Å². The van der Waals surface area contributed by atoms with E-state index in [0.29, 0.717) is 18.3 Å². The predicted molar refractivity (Wildman–Crippen MR) is 80.0 cm³/mol. The maximum Gasteiger partial charge on any atom is 0.314 e. The van der Waals surface area contributed by atoms with Crippen LogP contribution in [-0.2, 0) is 0 Å². The number of furan rings is 1. The molecule has 118 valence electrons. The van der Waals surface area contributed by atoms with Crippen LogP contribution in [0.25, 0.3) is 0 Å². The van der Waals surface area contributed by atoms with Gasteiger partial charge < -0.3 is 20.2 Å². The number of nitrogens with zero attached hydrogens (tertiary/aromatic N) is 1. The van der Waals surface area contributed by atoms with Crippen LogP contribution in [-0.4, -0.2) is 48.3 Å². The maximum absolute atomic E-state index is 11.8. The van der Waals surface area contributed by atoms with Gasteiger partial charge in [0.2, 0.25) is 0 Å². The minimum absolute atomic E-state index is 0.140. The highest BCUT2D eigenvalue weighted by atomic mass is 16.4. The Hall–Kier alpha value is -1.53. The molecule has 2 amide bonds. The molecule has 0 spiro atoms. The summed E-state index contributed by atoms with van der Waals surface area (Å²) in [6.07, 6.45) is 4.28. The van der Waals surface area contributed by atoms with Gasteiger partial charge in [0, 0.05) is 12.6 Å². The first kappa shape index (κ1) is 15.9. The number of hydrogen-bond acceptors (Lipinski definition) is 4. The summed E-state index contributed by atoms with van der Waals surface area (Å²) in [7, 11) is 0. The molecular formula is C15H25N3O3. The number of likely N-dealkylation sites (tertiary alicyclic amines) is 1. The molecule has 0 aliphatic carbocycles. The lowest BCUT2D eigenvalue weighted by Gasteiger charge is -2.34. The van der Waals surface area contributed by atoms with Crippen LogP contribution < -0.4 is 10.6 Å². The largest absolute Gasteiger partial charge is 0.467 e.